The van der Waals surface area contributed by atoms with E-state index in [1.165, 1.54) is 0 Å². The van der Waals surface area contributed by atoms with E-state index in [0.717, 1.165) is 0 Å². The highest BCUT2D eigenvalue weighted by atomic mass is 19.2. The molecule has 0 amide bonds. The monoisotopic (exact) mass is 164 g/mol. The molecule has 0 aliphatic heterocycles. The van der Waals surface area contributed by atoms with E-state index in [4.69, 9.17) is 5.11 Å². The molecule has 1 saturated carbocycles. The quantitative estimate of drug-likeness (QED) is 0.640. The van der Waals surface area contributed by atoms with Gasteiger partial charge in [0.15, 0.2) is 0 Å². The number of rotatable bonds is 1. The molecular formula is C7H10F2O2. The molecular weight excluding hydrogens is 154 g/mol. The lowest BCUT2D eigenvalue weighted by Gasteiger charge is -2.28. The lowest BCUT2D eigenvalue weighted by Crippen LogP contribution is -2.45. The van der Waals surface area contributed by atoms with E-state index < -0.39 is 17.8 Å². The Kier molecular flexibility index (Phi) is 2.11. The molecule has 11 heavy (non-hydrogen) atoms. The highest BCUT2D eigenvalue weighted by molar-refractivity contribution is 5.78. The minimum absolute atomic E-state index is 0.0306. The summed E-state index contributed by atoms with van der Waals surface area (Å²) in [5, 5.41) is 8.35. The van der Waals surface area contributed by atoms with Crippen LogP contribution in [-0.2, 0) is 4.79 Å². The molecule has 64 valence electrons. The second kappa shape index (κ2) is 2.75. The van der Waals surface area contributed by atoms with Crippen molar-refractivity contribution in [1.82, 2.24) is 0 Å². The predicted octanol–water partition coefficient (Wildman–Crippen LogP) is 1.69. The number of hydrogen-bond donors (Lipinski definition) is 1. The zero-order valence-electron chi connectivity index (χ0n) is 6.02. The summed E-state index contributed by atoms with van der Waals surface area (Å²) in [7, 11) is 0. The first kappa shape index (κ1) is 8.43. The van der Waals surface area contributed by atoms with Crippen LogP contribution < -0.4 is 0 Å². The highest BCUT2D eigenvalue weighted by Crippen LogP contribution is 2.34. The van der Waals surface area contributed by atoms with E-state index in [0.29, 0.717) is 12.8 Å². The van der Waals surface area contributed by atoms with E-state index in [1.54, 1.807) is 0 Å². The van der Waals surface area contributed by atoms with E-state index in [2.05, 4.69) is 0 Å². The Bertz CT molecular complexity index is 172. The highest BCUT2D eigenvalue weighted by Gasteiger charge is 2.48. The molecule has 0 aromatic carbocycles. The molecule has 0 aromatic heterocycles. The summed E-state index contributed by atoms with van der Waals surface area (Å²) in [6, 6.07) is 0. The van der Waals surface area contributed by atoms with Crippen molar-refractivity contribution in [2.45, 2.75) is 37.5 Å². The van der Waals surface area contributed by atoms with E-state index in [-0.39, 0.29) is 12.8 Å². The van der Waals surface area contributed by atoms with Gasteiger partial charge in [-0.3, -0.25) is 0 Å². The topological polar surface area (TPSA) is 37.3 Å². The first-order valence-electron chi connectivity index (χ1n) is 3.64. The van der Waals surface area contributed by atoms with Crippen molar-refractivity contribution < 1.29 is 18.7 Å². The molecule has 0 saturated heterocycles. The summed E-state index contributed by atoms with van der Waals surface area (Å²) in [6.07, 6.45) is -0.941. The van der Waals surface area contributed by atoms with Crippen molar-refractivity contribution in [3.63, 3.8) is 0 Å². The predicted molar refractivity (Wildman–Crippen MR) is 34.8 cm³/mol. The smallest absolute Gasteiger partial charge is 0.344 e. The van der Waals surface area contributed by atoms with Crippen molar-refractivity contribution in [1.29, 1.82) is 0 Å². The van der Waals surface area contributed by atoms with Gasteiger partial charge in [0.2, 0.25) is 5.67 Å². The second-order valence-corrected chi connectivity index (χ2v) is 2.88. The SMILES string of the molecule is O=C(O)C1(F)CCCCC1F. The van der Waals surface area contributed by atoms with E-state index in [1.807, 2.05) is 0 Å². The largest absolute Gasteiger partial charge is 0.479 e. The molecule has 1 rings (SSSR count). The molecule has 0 bridgehead atoms. The van der Waals surface area contributed by atoms with Crippen LogP contribution in [0.5, 0.6) is 0 Å². The number of alkyl halides is 2. The van der Waals surface area contributed by atoms with Crippen LogP contribution in [0.25, 0.3) is 0 Å². The van der Waals surface area contributed by atoms with Gasteiger partial charge in [0.25, 0.3) is 0 Å². The van der Waals surface area contributed by atoms with Gasteiger partial charge in [0.05, 0.1) is 0 Å². The van der Waals surface area contributed by atoms with Crippen molar-refractivity contribution in [2.75, 3.05) is 0 Å². The van der Waals surface area contributed by atoms with Gasteiger partial charge in [0.1, 0.15) is 6.17 Å². The van der Waals surface area contributed by atoms with Crippen molar-refractivity contribution >= 4 is 5.97 Å². The van der Waals surface area contributed by atoms with Gasteiger partial charge in [-0.25, -0.2) is 13.6 Å². The zero-order chi connectivity index (χ0) is 8.48. The van der Waals surface area contributed by atoms with Crippen LogP contribution in [0, 0.1) is 0 Å². The summed E-state index contributed by atoms with van der Waals surface area (Å²) in [4.78, 5) is 10.3. The van der Waals surface area contributed by atoms with Gasteiger partial charge in [-0.1, -0.05) is 6.42 Å². The number of carboxylic acid groups (broad SMARTS) is 1. The molecule has 0 spiro atoms. The Balaban J connectivity index is 2.72. The van der Waals surface area contributed by atoms with Gasteiger partial charge < -0.3 is 5.11 Å². The van der Waals surface area contributed by atoms with Crippen LogP contribution in [-0.4, -0.2) is 22.9 Å². The lowest BCUT2D eigenvalue weighted by molar-refractivity contribution is -0.158. The third-order valence-corrected chi connectivity index (χ3v) is 2.10. The molecule has 2 nitrogen and oxygen atoms in total. The van der Waals surface area contributed by atoms with Gasteiger partial charge in [0, 0.05) is 0 Å². The van der Waals surface area contributed by atoms with Gasteiger partial charge >= 0.3 is 5.97 Å². The van der Waals surface area contributed by atoms with Crippen LogP contribution in [0.15, 0.2) is 0 Å². The summed E-state index contributed by atoms with van der Waals surface area (Å²) >= 11 is 0. The molecule has 0 aromatic rings. The molecule has 4 heteroatoms. The Labute approximate surface area is 63.2 Å². The molecule has 1 fully saturated rings. The Hall–Kier alpha value is -0.670. The number of carboxylic acids is 1. The van der Waals surface area contributed by atoms with Gasteiger partial charge in [-0.15, -0.1) is 0 Å². The van der Waals surface area contributed by atoms with E-state index in [9.17, 15) is 13.6 Å². The minimum atomic E-state index is -2.61. The van der Waals surface area contributed by atoms with Crippen LogP contribution >= 0.6 is 0 Å². The molecule has 2 unspecified atom stereocenters. The first-order chi connectivity index (χ1) is 5.07. The number of halogens is 2. The Morgan fingerprint density at radius 3 is 2.55 bits per heavy atom. The molecule has 2 atom stereocenters. The number of aliphatic carboxylic acids is 1. The van der Waals surface area contributed by atoms with Crippen LogP contribution in [0.4, 0.5) is 8.78 Å². The zero-order valence-corrected chi connectivity index (χ0v) is 6.02. The maximum Gasteiger partial charge on any atom is 0.344 e. The fourth-order valence-electron chi connectivity index (χ4n) is 1.33. The number of hydrogen-bond acceptors (Lipinski definition) is 1. The molecule has 0 radical (unpaired) electrons. The Morgan fingerprint density at radius 1 is 1.55 bits per heavy atom. The summed E-state index contributed by atoms with van der Waals surface area (Å²) in [5.41, 5.74) is -2.61. The summed E-state index contributed by atoms with van der Waals surface area (Å²) in [5.74, 6) is -1.66. The van der Waals surface area contributed by atoms with Gasteiger partial charge in [-0.2, -0.15) is 0 Å². The van der Waals surface area contributed by atoms with Crippen LogP contribution in [0.2, 0.25) is 0 Å². The third-order valence-electron chi connectivity index (χ3n) is 2.10. The maximum absolute atomic E-state index is 13.1. The minimum Gasteiger partial charge on any atom is -0.479 e. The van der Waals surface area contributed by atoms with Crippen molar-refractivity contribution in [3.05, 3.63) is 0 Å². The van der Waals surface area contributed by atoms with Crippen molar-refractivity contribution in [2.24, 2.45) is 0 Å². The third kappa shape index (κ3) is 1.34. The lowest BCUT2D eigenvalue weighted by atomic mass is 9.85. The maximum atomic E-state index is 13.1. The van der Waals surface area contributed by atoms with Gasteiger partial charge in [-0.05, 0) is 19.3 Å². The molecule has 1 aliphatic carbocycles. The summed E-state index contributed by atoms with van der Waals surface area (Å²) in [6.45, 7) is 0. The molecule has 0 heterocycles. The van der Waals surface area contributed by atoms with Crippen molar-refractivity contribution in [3.8, 4) is 0 Å². The second-order valence-electron chi connectivity index (χ2n) is 2.88. The van der Waals surface area contributed by atoms with E-state index >= 15 is 0 Å². The van der Waals surface area contributed by atoms with Crippen LogP contribution in [0.3, 0.4) is 0 Å². The standard InChI is InChI=1S/C7H10F2O2/c8-5-3-1-2-4-7(5,9)6(10)11/h5H,1-4H2,(H,10,11). The average Bonchev–Trinajstić information content (AvgIpc) is 1.95. The first-order valence-corrected chi connectivity index (χ1v) is 3.64. The molecule has 1 N–H and O–H groups in total. The number of carbonyl (C=O) groups is 1. The summed E-state index contributed by atoms with van der Waals surface area (Å²) < 4.78 is 25.8. The fourth-order valence-corrected chi connectivity index (χ4v) is 1.33. The Morgan fingerprint density at radius 2 is 2.18 bits per heavy atom. The average molecular weight is 164 g/mol. The fraction of sp³-hybridized carbons (Fsp3) is 0.857. The van der Waals surface area contributed by atoms with Crippen LogP contribution in [0.1, 0.15) is 25.7 Å². The molecule has 1 aliphatic rings. The normalized spacial score (nSPS) is 38.5.